The Labute approximate surface area is 119 Å². The molecule has 0 fully saturated rings. The SMILES string of the molecule is CNc1ccnc(C(=O)N(C)Cc2ccccc2C)c1. The number of benzene rings is 1. The van der Waals surface area contributed by atoms with Crippen molar-refractivity contribution in [2.75, 3.05) is 19.4 Å². The Hall–Kier alpha value is -2.36. The Kier molecular flexibility index (Phi) is 4.35. The van der Waals surface area contributed by atoms with Gasteiger partial charge in [-0.3, -0.25) is 9.78 Å². The molecular formula is C16H19N3O. The molecular weight excluding hydrogens is 250 g/mol. The van der Waals surface area contributed by atoms with Gasteiger partial charge in [0.1, 0.15) is 5.69 Å². The number of aryl methyl sites for hydroxylation is 1. The molecule has 0 saturated carbocycles. The van der Waals surface area contributed by atoms with Gasteiger partial charge in [-0.05, 0) is 30.2 Å². The van der Waals surface area contributed by atoms with Gasteiger partial charge >= 0.3 is 0 Å². The molecule has 0 aliphatic rings. The molecule has 0 aliphatic carbocycles. The van der Waals surface area contributed by atoms with Crippen LogP contribution in [0.5, 0.6) is 0 Å². The van der Waals surface area contributed by atoms with Crippen molar-refractivity contribution < 1.29 is 4.79 Å². The molecule has 2 rings (SSSR count). The molecule has 0 spiro atoms. The molecule has 4 nitrogen and oxygen atoms in total. The molecule has 1 aromatic heterocycles. The van der Waals surface area contributed by atoms with Crippen molar-refractivity contribution in [2.24, 2.45) is 0 Å². The second kappa shape index (κ2) is 6.19. The number of anilines is 1. The molecule has 104 valence electrons. The average Bonchev–Trinajstić information content (AvgIpc) is 2.48. The Balaban J connectivity index is 2.14. The highest BCUT2D eigenvalue weighted by atomic mass is 16.2. The number of hydrogen-bond acceptors (Lipinski definition) is 3. The summed E-state index contributed by atoms with van der Waals surface area (Å²) in [7, 11) is 3.61. The third-order valence-electron chi connectivity index (χ3n) is 3.28. The number of hydrogen-bond donors (Lipinski definition) is 1. The first kappa shape index (κ1) is 14.1. The summed E-state index contributed by atoms with van der Waals surface area (Å²) in [6.07, 6.45) is 1.64. The normalized spacial score (nSPS) is 10.2. The fourth-order valence-electron chi connectivity index (χ4n) is 2.01. The lowest BCUT2D eigenvalue weighted by Crippen LogP contribution is -2.27. The Morgan fingerprint density at radius 2 is 2.05 bits per heavy atom. The van der Waals surface area contributed by atoms with Gasteiger partial charge in [0, 0.05) is 32.5 Å². The minimum Gasteiger partial charge on any atom is -0.388 e. The van der Waals surface area contributed by atoms with E-state index in [4.69, 9.17) is 0 Å². The van der Waals surface area contributed by atoms with E-state index in [-0.39, 0.29) is 5.91 Å². The van der Waals surface area contributed by atoms with E-state index in [0.717, 1.165) is 11.3 Å². The maximum Gasteiger partial charge on any atom is 0.272 e. The first-order valence-corrected chi connectivity index (χ1v) is 6.55. The third kappa shape index (κ3) is 3.15. The highest BCUT2D eigenvalue weighted by Crippen LogP contribution is 2.13. The summed E-state index contributed by atoms with van der Waals surface area (Å²) in [5.74, 6) is -0.0784. The molecule has 2 aromatic rings. The number of nitrogens with one attached hydrogen (secondary N) is 1. The molecule has 0 unspecified atom stereocenters. The van der Waals surface area contributed by atoms with E-state index < -0.39 is 0 Å². The van der Waals surface area contributed by atoms with Crippen LogP contribution in [0.3, 0.4) is 0 Å². The first-order valence-electron chi connectivity index (χ1n) is 6.55. The van der Waals surface area contributed by atoms with Crippen LogP contribution in [-0.2, 0) is 6.54 Å². The lowest BCUT2D eigenvalue weighted by Gasteiger charge is -2.18. The lowest BCUT2D eigenvalue weighted by molar-refractivity contribution is 0.0779. The number of aromatic nitrogens is 1. The number of carbonyl (C=O) groups excluding carboxylic acids is 1. The minimum absolute atomic E-state index is 0.0784. The summed E-state index contributed by atoms with van der Waals surface area (Å²) in [5.41, 5.74) is 3.66. The summed E-state index contributed by atoms with van der Waals surface area (Å²) in [6, 6.07) is 11.7. The Bertz CT molecular complexity index is 610. The van der Waals surface area contributed by atoms with Crippen LogP contribution in [0.25, 0.3) is 0 Å². The minimum atomic E-state index is -0.0784. The van der Waals surface area contributed by atoms with Crippen LogP contribution >= 0.6 is 0 Å². The predicted octanol–water partition coefficient (Wildman–Crippen LogP) is 2.70. The van der Waals surface area contributed by atoms with Gasteiger partial charge in [-0.25, -0.2) is 0 Å². The van der Waals surface area contributed by atoms with Crippen LogP contribution in [0.2, 0.25) is 0 Å². The Morgan fingerprint density at radius 3 is 2.75 bits per heavy atom. The highest BCUT2D eigenvalue weighted by molar-refractivity contribution is 5.92. The summed E-state index contributed by atoms with van der Waals surface area (Å²) in [5, 5.41) is 3.01. The average molecular weight is 269 g/mol. The highest BCUT2D eigenvalue weighted by Gasteiger charge is 2.14. The van der Waals surface area contributed by atoms with Gasteiger partial charge in [-0.2, -0.15) is 0 Å². The van der Waals surface area contributed by atoms with Gasteiger partial charge in [0.05, 0.1) is 0 Å². The van der Waals surface area contributed by atoms with E-state index in [2.05, 4.69) is 10.3 Å². The van der Waals surface area contributed by atoms with Crippen molar-refractivity contribution >= 4 is 11.6 Å². The molecule has 20 heavy (non-hydrogen) atoms. The molecule has 0 aliphatic heterocycles. The van der Waals surface area contributed by atoms with Crippen LogP contribution in [-0.4, -0.2) is 29.9 Å². The summed E-state index contributed by atoms with van der Waals surface area (Å²) >= 11 is 0. The van der Waals surface area contributed by atoms with E-state index in [1.54, 1.807) is 24.2 Å². The van der Waals surface area contributed by atoms with Gasteiger partial charge in [0.25, 0.3) is 5.91 Å². The van der Waals surface area contributed by atoms with E-state index in [1.165, 1.54) is 5.56 Å². The van der Waals surface area contributed by atoms with Crippen LogP contribution in [0, 0.1) is 6.92 Å². The topological polar surface area (TPSA) is 45.2 Å². The van der Waals surface area contributed by atoms with Crippen LogP contribution in [0.15, 0.2) is 42.6 Å². The van der Waals surface area contributed by atoms with E-state index >= 15 is 0 Å². The van der Waals surface area contributed by atoms with Crippen LogP contribution < -0.4 is 5.32 Å². The van der Waals surface area contributed by atoms with Gasteiger partial charge in [0.2, 0.25) is 0 Å². The van der Waals surface area contributed by atoms with Crippen molar-refractivity contribution in [3.63, 3.8) is 0 Å². The molecule has 0 radical (unpaired) electrons. The zero-order valence-electron chi connectivity index (χ0n) is 12.1. The molecule has 0 bridgehead atoms. The van der Waals surface area contributed by atoms with E-state index in [9.17, 15) is 4.79 Å². The van der Waals surface area contributed by atoms with Crippen LogP contribution in [0.1, 0.15) is 21.6 Å². The molecule has 1 amide bonds. The van der Waals surface area contributed by atoms with Crippen molar-refractivity contribution in [1.29, 1.82) is 0 Å². The van der Waals surface area contributed by atoms with Gasteiger partial charge in [-0.1, -0.05) is 24.3 Å². The smallest absolute Gasteiger partial charge is 0.272 e. The number of rotatable bonds is 4. The number of amides is 1. The Morgan fingerprint density at radius 1 is 1.30 bits per heavy atom. The van der Waals surface area contributed by atoms with E-state index in [1.807, 2.05) is 44.3 Å². The zero-order chi connectivity index (χ0) is 14.5. The van der Waals surface area contributed by atoms with Crippen LogP contribution in [0.4, 0.5) is 5.69 Å². The monoisotopic (exact) mass is 269 g/mol. The largest absolute Gasteiger partial charge is 0.388 e. The summed E-state index contributed by atoms with van der Waals surface area (Å²) in [6.45, 7) is 2.63. The quantitative estimate of drug-likeness (QED) is 0.928. The van der Waals surface area contributed by atoms with Crippen molar-refractivity contribution in [1.82, 2.24) is 9.88 Å². The first-order chi connectivity index (χ1) is 9.61. The number of pyridine rings is 1. The second-order valence-electron chi connectivity index (χ2n) is 4.77. The maximum atomic E-state index is 12.4. The molecule has 1 aromatic carbocycles. The third-order valence-corrected chi connectivity index (χ3v) is 3.28. The fourth-order valence-corrected chi connectivity index (χ4v) is 2.01. The molecule has 0 saturated heterocycles. The van der Waals surface area contributed by atoms with Crippen molar-refractivity contribution in [2.45, 2.75) is 13.5 Å². The van der Waals surface area contributed by atoms with Gasteiger partial charge < -0.3 is 10.2 Å². The standard InChI is InChI=1S/C16H19N3O/c1-12-6-4-5-7-13(12)11-19(3)16(20)15-10-14(17-2)8-9-18-15/h4-10H,11H2,1-3H3,(H,17,18). The summed E-state index contributed by atoms with van der Waals surface area (Å²) < 4.78 is 0. The van der Waals surface area contributed by atoms with Crippen molar-refractivity contribution in [3.05, 3.63) is 59.4 Å². The van der Waals surface area contributed by atoms with Crippen molar-refractivity contribution in [3.8, 4) is 0 Å². The predicted molar refractivity (Wildman–Crippen MR) is 80.8 cm³/mol. The lowest BCUT2D eigenvalue weighted by atomic mass is 10.1. The second-order valence-corrected chi connectivity index (χ2v) is 4.77. The number of carbonyl (C=O) groups is 1. The summed E-state index contributed by atoms with van der Waals surface area (Å²) in [4.78, 5) is 18.2. The molecule has 1 heterocycles. The molecule has 4 heteroatoms. The number of nitrogens with zero attached hydrogens (tertiary/aromatic N) is 2. The van der Waals surface area contributed by atoms with Gasteiger partial charge in [-0.15, -0.1) is 0 Å². The maximum absolute atomic E-state index is 12.4. The van der Waals surface area contributed by atoms with E-state index in [0.29, 0.717) is 12.2 Å². The molecule has 0 atom stereocenters. The molecule has 1 N–H and O–H groups in total. The van der Waals surface area contributed by atoms with Gasteiger partial charge in [0.15, 0.2) is 0 Å². The fraction of sp³-hybridized carbons (Fsp3) is 0.250. The zero-order valence-corrected chi connectivity index (χ0v) is 12.1.